The molecule has 0 atom stereocenters. The molecule has 0 heterocycles. The molecule has 64 valence electrons. The Labute approximate surface area is 78.2 Å². The van der Waals surface area contributed by atoms with Crippen LogP contribution in [0.4, 0.5) is 4.39 Å². The van der Waals surface area contributed by atoms with E-state index in [1.807, 2.05) is 0 Å². The molecule has 1 aromatic rings. The number of nitrogens with zero attached hydrogens (tertiary/aromatic N) is 1. The Hall–Kier alpha value is -0.800. The zero-order valence-corrected chi connectivity index (χ0v) is 7.27. The van der Waals surface area contributed by atoms with Crippen molar-refractivity contribution in [2.45, 2.75) is 0 Å². The summed E-state index contributed by atoms with van der Waals surface area (Å²) in [4.78, 5) is 0. The van der Waals surface area contributed by atoms with Crippen LogP contribution in [0.1, 0.15) is 5.56 Å². The van der Waals surface area contributed by atoms with Gasteiger partial charge < -0.3 is 5.21 Å². The highest BCUT2D eigenvalue weighted by molar-refractivity contribution is 6.38. The summed E-state index contributed by atoms with van der Waals surface area (Å²) in [6, 6.07) is 2.47. The first-order chi connectivity index (χ1) is 5.66. The van der Waals surface area contributed by atoms with Crippen LogP contribution < -0.4 is 0 Å². The Morgan fingerprint density at radius 3 is 2.67 bits per heavy atom. The van der Waals surface area contributed by atoms with Crippen LogP contribution in [0.5, 0.6) is 0 Å². The monoisotopic (exact) mass is 207 g/mol. The van der Waals surface area contributed by atoms with Crippen LogP contribution in [-0.2, 0) is 0 Å². The number of benzene rings is 1. The second-order valence-corrected chi connectivity index (χ2v) is 2.79. The third-order valence-electron chi connectivity index (χ3n) is 1.27. The molecule has 0 aliphatic rings. The molecular formula is C7H4Cl2FNO. The van der Waals surface area contributed by atoms with Crippen LogP contribution >= 0.6 is 23.2 Å². The lowest BCUT2D eigenvalue weighted by molar-refractivity contribution is 0.322. The molecule has 0 unspecified atom stereocenters. The van der Waals surface area contributed by atoms with Gasteiger partial charge in [0.15, 0.2) is 0 Å². The first kappa shape index (κ1) is 9.29. The van der Waals surface area contributed by atoms with Gasteiger partial charge in [-0.3, -0.25) is 0 Å². The van der Waals surface area contributed by atoms with Crippen molar-refractivity contribution >= 4 is 29.4 Å². The number of hydrogen-bond donors (Lipinski definition) is 1. The third-order valence-corrected chi connectivity index (χ3v) is 1.98. The first-order valence-electron chi connectivity index (χ1n) is 2.97. The van der Waals surface area contributed by atoms with E-state index in [1.165, 1.54) is 6.07 Å². The Bertz CT molecular complexity index is 327. The molecule has 0 aromatic heterocycles. The van der Waals surface area contributed by atoms with E-state index in [4.69, 9.17) is 28.4 Å². The minimum Gasteiger partial charge on any atom is -0.411 e. The summed E-state index contributed by atoms with van der Waals surface area (Å²) in [7, 11) is 0. The standard InChI is InChI=1S/C7H4Cl2FNO/c8-5-1-2-6(10)7(9)4(5)3-11-12/h1-3,12H/b11-3-. The average Bonchev–Trinajstić information content (AvgIpc) is 2.06. The van der Waals surface area contributed by atoms with E-state index in [1.54, 1.807) is 0 Å². The van der Waals surface area contributed by atoms with Crippen molar-refractivity contribution in [2.75, 3.05) is 0 Å². The van der Waals surface area contributed by atoms with E-state index >= 15 is 0 Å². The minimum atomic E-state index is -0.601. The third kappa shape index (κ3) is 1.68. The van der Waals surface area contributed by atoms with E-state index in [-0.39, 0.29) is 15.6 Å². The highest BCUT2D eigenvalue weighted by atomic mass is 35.5. The zero-order valence-electron chi connectivity index (χ0n) is 5.76. The van der Waals surface area contributed by atoms with Crippen LogP contribution in [0.25, 0.3) is 0 Å². The summed E-state index contributed by atoms with van der Waals surface area (Å²) in [6.45, 7) is 0. The molecule has 0 saturated carbocycles. The van der Waals surface area contributed by atoms with E-state index in [0.29, 0.717) is 0 Å². The largest absolute Gasteiger partial charge is 0.411 e. The zero-order chi connectivity index (χ0) is 9.14. The van der Waals surface area contributed by atoms with Crippen molar-refractivity contribution in [2.24, 2.45) is 5.16 Å². The predicted octanol–water partition coefficient (Wildman–Crippen LogP) is 2.94. The van der Waals surface area contributed by atoms with E-state index in [0.717, 1.165) is 12.3 Å². The minimum absolute atomic E-state index is 0.152. The van der Waals surface area contributed by atoms with Gasteiger partial charge in [-0.25, -0.2) is 4.39 Å². The quantitative estimate of drug-likeness (QED) is 0.327. The summed E-state index contributed by atoms with van der Waals surface area (Å²) >= 11 is 11.1. The molecule has 0 amide bonds. The van der Waals surface area contributed by atoms with Gasteiger partial charge in [-0.05, 0) is 12.1 Å². The lowest BCUT2D eigenvalue weighted by Gasteiger charge is -2.00. The highest BCUT2D eigenvalue weighted by Gasteiger charge is 2.08. The van der Waals surface area contributed by atoms with Crippen LogP contribution in [0.15, 0.2) is 17.3 Å². The molecule has 0 fully saturated rings. The van der Waals surface area contributed by atoms with Gasteiger partial charge in [-0.15, -0.1) is 0 Å². The number of hydrogen-bond acceptors (Lipinski definition) is 2. The molecule has 0 bridgehead atoms. The fraction of sp³-hybridized carbons (Fsp3) is 0. The van der Waals surface area contributed by atoms with Crippen molar-refractivity contribution in [3.63, 3.8) is 0 Å². The number of rotatable bonds is 1. The number of oxime groups is 1. The van der Waals surface area contributed by atoms with Gasteiger partial charge in [-0.2, -0.15) is 0 Å². The van der Waals surface area contributed by atoms with E-state index in [9.17, 15) is 4.39 Å². The molecule has 1 aromatic carbocycles. The summed E-state index contributed by atoms with van der Waals surface area (Å²) in [5.41, 5.74) is 0.167. The molecular weight excluding hydrogens is 204 g/mol. The van der Waals surface area contributed by atoms with Gasteiger partial charge >= 0.3 is 0 Å². The Kier molecular flexibility index (Phi) is 2.89. The Morgan fingerprint density at radius 1 is 1.42 bits per heavy atom. The van der Waals surface area contributed by atoms with Crippen molar-refractivity contribution in [3.05, 3.63) is 33.6 Å². The summed E-state index contributed by atoms with van der Waals surface area (Å²) in [5.74, 6) is -0.601. The Balaban J connectivity index is 3.32. The van der Waals surface area contributed by atoms with Gasteiger partial charge in [0.2, 0.25) is 0 Å². The molecule has 0 aliphatic carbocycles. The fourth-order valence-corrected chi connectivity index (χ4v) is 1.19. The van der Waals surface area contributed by atoms with Gasteiger partial charge in [0, 0.05) is 5.56 Å². The average molecular weight is 208 g/mol. The second kappa shape index (κ2) is 3.74. The molecule has 0 spiro atoms. The molecule has 2 nitrogen and oxygen atoms in total. The smallest absolute Gasteiger partial charge is 0.142 e. The molecule has 5 heteroatoms. The Morgan fingerprint density at radius 2 is 2.08 bits per heavy atom. The lowest BCUT2D eigenvalue weighted by Crippen LogP contribution is -1.88. The van der Waals surface area contributed by atoms with Crippen LogP contribution in [-0.4, -0.2) is 11.4 Å². The van der Waals surface area contributed by atoms with E-state index in [2.05, 4.69) is 5.16 Å². The molecule has 0 saturated heterocycles. The predicted molar refractivity (Wildman–Crippen MR) is 45.8 cm³/mol. The van der Waals surface area contributed by atoms with Crippen LogP contribution in [0.2, 0.25) is 10.0 Å². The highest BCUT2D eigenvalue weighted by Crippen LogP contribution is 2.25. The summed E-state index contributed by atoms with van der Waals surface area (Å²) < 4.78 is 12.7. The molecule has 0 radical (unpaired) electrons. The topological polar surface area (TPSA) is 32.6 Å². The molecule has 12 heavy (non-hydrogen) atoms. The lowest BCUT2D eigenvalue weighted by atomic mass is 10.2. The van der Waals surface area contributed by atoms with Gasteiger partial charge in [0.25, 0.3) is 0 Å². The summed E-state index contributed by atoms with van der Waals surface area (Å²) in [6.07, 6.45) is 0.980. The fourth-order valence-electron chi connectivity index (χ4n) is 0.719. The van der Waals surface area contributed by atoms with Crippen LogP contribution in [0.3, 0.4) is 0 Å². The van der Waals surface area contributed by atoms with E-state index < -0.39 is 5.82 Å². The molecule has 1 rings (SSSR count). The van der Waals surface area contributed by atoms with Crippen LogP contribution in [0, 0.1) is 5.82 Å². The van der Waals surface area contributed by atoms with Crippen molar-refractivity contribution in [1.29, 1.82) is 0 Å². The maximum absolute atomic E-state index is 12.7. The molecule has 1 N–H and O–H groups in total. The maximum atomic E-state index is 12.7. The van der Waals surface area contributed by atoms with Crippen molar-refractivity contribution < 1.29 is 9.60 Å². The number of halogens is 3. The second-order valence-electron chi connectivity index (χ2n) is 2.00. The SMILES string of the molecule is O/N=C\c1c(Cl)ccc(F)c1Cl. The van der Waals surface area contributed by atoms with Crippen molar-refractivity contribution in [1.82, 2.24) is 0 Å². The van der Waals surface area contributed by atoms with Gasteiger partial charge in [-0.1, -0.05) is 28.4 Å². The normalized spacial score (nSPS) is 10.9. The first-order valence-corrected chi connectivity index (χ1v) is 3.73. The van der Waals surface area contributed by atoms with Gasteiger partial charge in [0.05, 0.1) is 16.3 Å². The molecule has 0 aliphatic heterocycles. The van der Waals surface area contributed by atoms with Gasteiger partial charge in [0.1, 0.15) is 5.82 Å². The maximum Gasteiger partial charge on any atom is 0.142 e. The van der Waals surface area contributed by atoms with Crippen molar-refractivity contribution in [3.8, 4) is 0 Å². The summed E-state index contributed by atoms with van der Waals surface area (Å²) in [5, 5.41) is 11.0.